The van der Waals surface area contributed by atoms with E-state index in [1.165, 1.54) is 5.56 Å². The number of benzene rings is 2. The van der Waals surface area contributed by atoms with Crippen LogP contribution in [0.2, 0.25) is 0 Å². The molecule has 0 saturated heterocycles. The first-order valence-electron chi connectivity index (χ1n) is 10.1. The van der Waals surface area contributed by atoms with E-state index in [9.17, 15) is 9.90 Å². The van der Waals surface area contributed by atoms with Gasteiger partial charge in [0.15, 0.2) is 0 Å². The summed E-state index contributed by atoms with van der Waals surface area (Å²) in [5.41, 5.74) is 6.66. The topological polar surface area (TPSA) is 72.3 Å². The summed E-state index contributed by atoms with van der Waals surface area (Å²) in [5.74, 6) is 0.312. The maximum Gasteiger partial charge on any atom is 0.307 e. The zero-order valence-corrected chi connectivity index (χ0v) is 18.0. The Balaban J connectivity index is 1.90. The summed E-state index contributed by atoms with van der Waals surface area (Å²) in [6.45, 7) is 6.89. The number of aliphatic carboxylic acids is 1. The molecule has 0 spiro atoms. The molecule has 2 aromatic carbocycles. The highest BCUT2D eigenvalue weighted by molar-refractivity contribution is 7.19. The van der Waals surface area contributed by atoms with Crippen LogP contribution in [0.3, 0.4) is 0 Å². The number of hydrogen-bond donors (Lipinski definition) is 1. The minimum Gasteiger partial charge on any atom is -0.493 e. The largest absolute Gasteiger partial charge is 0.493 e. The van der Waals surface area contributed by atoms with Gasteiger partial charge in [0.25, 0.3) is 0 Å². The average molecular weight is 419 g/mol. The van der Waals surface area contributed by atoms with Gasteiger partial charge in [-0.25, -0.2) is 4.98 Å². The molecule has 1 N–H and O–H groups in total. The van der Waals surface area contributed by atoms with Gasteiger partial charge in [0.2, 0.25) is 0 Å². The number of carboxylic acids is 1. The lowest BCUT2D eigenvalue weighted by Gasteiger charge is -2.21. The van der Waals surface area contributed by atoms with E-state index >= 15 is 0 Å². The van der Waals surface area contributed by atoms with Crippen LogP contribution < -0.4 is 4.74 Å². The quantitative estimate of drug-likeness (QED) is 0.473. The van der Waals surface area contributed by atoms with Gasteiger partial charge in [0, 0.05) is 35.0 Å². The summed E-state index contributed by atoms with van der Waals surface area (Å²) in [7, 11) is 0. The average Bonchev–Trinajstić information content (AvgIpc) is 3.13. The van der Waals surface area contributed by atoms with Gasteiger partial charge in [-0.2, -0.15) is 0 Å². The summed E-state index contributed by atoms with van der Waals surface area (Å²) in [6.07, 6.45) is 2.65. The molecule has 0 bridgehead atoms. The fourth-order valence-corrected chi connectivity index (χ4v) is 5.40. The Morgan fingerprint density at radius 1 is 1.30 bits per heavy atom. The van der Waals surface area contributed by atoms with Crippen molar-refractivity contribution in [2.75, 3.05) is 6.61 Å². The second-order valence-electron chi connectivity index (χ2n) is 8.08. The molecule has 0 unspecified atom stereocenters. The van der Waals surface area contributed by atoms with Gasteiger partial charge in [0.1, 0.15) is 5.75 Å². The van der Waals surface area contributed by atoms with Crippen LogP contribution in [-0.4, -0.2) is 27.7 Å². The van der Waals surface area contributed by atoms with Gasteiger partial charge >= 0.3 is 5.97 Å². The highest BCUT2D eigenvalue weighted by atomic mass is 32.1. The zero-order chi connectivity index (χ0) is 21.0. The predicted octanol–water partition coefficient (Wildman–Crippen LogP) is 5.51. The molecule has 0 aliphatic carbocycles. The molecule has 1 aliphatic rings. The van der Waals surface area contributed by atoms with E-state index in [0.29, 0.717) is 12.5 Å². The van der Waals surface area contributed by atoms with Crippen LogP contribution >= 0.6 is 11.3 Å². The summed E-state index contributed by atoms with van der Waals surface area (Å²) < 4.78 is 6.91. The molecule has 0 radical (unpaired) electrons. The van der Waals surface area contributed by atoms with Crippen LogP contribution in [0.25, 0.3) is 32.2 Å². The van der Waals surface area contributed by atoms with Crippen molar-refractivity contribution in [3.05, 3.63) is 52.2 Å². The smallest absolute Gasteiger partial charge is 0.307 e. The molecule has 5 rings (SSSR count). The number of aryl methyl sites for hydroxylation is 1. The fourth-order valence-electron chi connectivity index (χ4n) is 4.27. The number of nitrogens with zero attached hydrogens (tertiary/aromatic N) is 2. The van der Waals surface area contributed by atoms with Crippen molar-refractivity contribution in [2.45, 2.75) is 39.5 Å². The molecular weight excluding hydrogens is 396 g/mol. The highest BCUT2D eigenvalue weighted by Crippen LogP contribution is 2.44. The lowest BCUT2D eigenvalue weighted by Crippen LogP contribution is -2.09. The number of rotatable bonds is 4. The van der Waals surface area contributed by atoms with Crippen molar-refractivity contribution >= 4 is 38.4 Å². The van der Waals surface area contributed by atoms with Crippen molar-refractivity contribution in [2.24, 2.45) is 0 Å². The lowest BCUT2D eigenvalue weighted by atomic mass is 9.90. The molecular formula is C24H22N2O3S. The van der Waals surface area contributed by atoms with Crippen LogP contribution in [-0.2, 0) is 17.6 Å². The van der Waals surface area contributed by atoms with Gasteiger partial charge in [-0.05, 0) is 47.9 Å². The Morgan fingerprint density at radius 2 is 2.13 bits per heavy atom. The van der Waals surface area contributed by atoms with Crippen LogP contribution in [0.5, 0.6) is 5.75 Å². The maximum atomic E-state index is 11.7. The van der Waals surface area contributed by atoms with Gasteiger partial charge in [-0.3, -0.25) is 9.78 Å². The number of ether oxygens (including phenoxy) is 1. The Kier molecular flexibility index (Phi) is 4.47. The third-order valence-electron chi connectivity index (χ3n) is 5.69. The number of pyridine rings is 1. The Morgan fingerprint density at radius 3 is 2.90 bits per heavy atom. The monoisotopic (exact) mass is 418 g/mol. The number of carbonyl (C=O) groups is 1. The van der Waals surface area contributed by atoms with E-state index < -0.39 is 5.97 Å². The number of hydrogen-bond acceptors (Lipinski definition) is 5. The van der Waals surface area contributed by atoms with E-state index in [1.807, 2.05) is 37.4 Å². The van der Waals surface area contributed by atoms with Gasteiger partial charge in [-0.15, -0.1) is 11.3 Å². The minimum atomic E-state index is -0.841. The number of thiazole rings is 1. The Bertz CT molecular complexity index is 1310. The normalized spacial score (nSPS) is 13.2. The first-order valence-corrected chi connectivity index (χ1v) is 10.9. The number of aromatic nitrogens is 2. The van der Waals surface area contributed by atoms with E-state index in [0.717, 1.165) is 60.6 Å². The molecule has 0 saturated carbocycles. The molecule has 5 nitrogen and oxygen atoms in total. The first-order chi connectivity index (χ1) is 14.4. The number of carboxylic acid groups (broad SMARTS) is 1. The molecule has 30 heavy (non-hydrogen) atoms. The van der Waals surface area contributed by atoms with Crippen molar-refractivity contribution in [3.63, 3.8) is 0 Å². The van der Waals surface area contributed by atoms with E-state index in [-0.39, 0.29) is 6.42 Å². The molecule has 0 atom stereocenters. The number of fused-ring (bicyclic) bond motifs is 1. The molecule has 0 amide bonds. The summed E-state index contributed by atoms with van der Waals surface area (Å²) >= 11 is 1.65. The first kappa shape index (κ1) is 19.0. The van der Waals surface area contributed by atoms with Gasteiger partial charge < -0.3 is 9.84 Å². The maximum absolute atomic E-state index is 11.7. The van der Waals surface area contributed by atoms with Gasteiger partial charge in [-0.1, -0.05) is 13.8 Å². The Labute approximate surface area is 178 Å². The van der Waals surface area contributed by atoms with Gasteiger partial charge in [0.05, 0.1) is 33.8 Å². The molecule has 6 heteroatoms. The highest BCUT2D eigenvalue weighted by Gasteiger charge is 2.24. The summed E-state index contributed by atoms with van der Waals surface area (Å²) in [6, 6.07) is 8.08. The van der Waals surface area contributed by atoms with Crippen molar-refractivity contribution in [3.8, 4) is 16.9 Å². The molecule has 1 aliphatic heterocycles. The van der Waals surface area contributed by atoms with Crippen molar-refractivity contribution < 1.29 is 14.6 Å². The van der Waals surface area contributed by atoms with E-state index in [4.69, 9.17) is 14.7 Å². The van der Waals surface area contributed by atoms with E-state index in [2.05, 4.69) is 13.8 Å². The summed E-state index contributed by atoms with van der Waals surface area (Å²) in [4.78, 5) is 21.3. The van der Waals surface area contributed by atoms with Crippen LogP contribution in [0, 0.1) is 6.92 Å². The molecule has 4 aromatic rings. The van der Waals surface area contributed by atoms with E-state index in [1.54, 1.807) is 11.3 Å². The second kappa shape index (κ2) is 7.06. The lowest BCUT2D eigenvalue weighted by molar-refractivity contribution is -0.136. The molecule has 3 heterocycles. The van der Waals surface area contributed by atoms with Crippen LogP contribution in [0.1, 0.15) is 41.5 Å². The summed E-state index contributed by atoms with van der Waals surface area (Å²) in [5, 5.41) is 11.7. The second-order valence-corrected chi connectivity index (χ2v) is 9.11. The standard InChI is InChI=1S/C24H22N2O3S/c1-12(2)24-26-17-10-13(3)16(11-19(27)28)21(23(17)30-24)15-4-5-18-20-14(7-9-29-18)6-8-25-22(15)20/h4-6,8,10,12H,7,9,11H2,1-3H3,(H,27,28). The van der Waals surface area contributed by atoms with Crippen LogP contribution in [0.15, 0.2) is 30.5 Å². The van der Waals surface area contributed by atoms with Crippen molar-refractivity contribution in [1.29, 1.82) is 0 Å². The third kappa shape index (κ3) is 2.94. The predicted molar refractivity (Wildman–Crippen MR) is 120 cm³/mol. The van der Waals surface area contributed by atoms with Crippen LogP contribution in [0.4, 0.5) is 0 Å². The third-order valence-corrected chi connectivity index (χ3v) is 7.08. The fraction of sp³-hybridized carbons (Fsp3) is 0.292. The minimum absolute atomic E-state index is 0.0363. The van der Waals surface area contributed by atoms with Crippen molar-refractivity contribution in [1.82, 2.24) is 9.97 Å². The molecule has 2 aromatic heterocycles. The SMILES string of the molecule is Cc1cc2nc(C(C)C)sc2c(-c2ccc3c4c(ccnc24)CCO3)c1CC(=O)O. The zero-order valence-electron chi connectivity index (χ0n) is 17.2. The molecule has 0 fully saturated rings. The molecule has 152 valence electrons. The Hall–Kier alpha value is -2.99.